The normalized spacial score (nSPS) is 12.4. The minimum absolute atomic E-state index is 0.498. The predicted molar refractivity (Wildman–Crippen MR) is 105 cm³/mol. The van der Waals surface area contributed by atoms with Crippen molar-refractivity contribution in [3.8, 4) is 11.4 Å². The van der Waals surface area contributed by atoms with Crippen LogP contribution in [0.1, 0.15) is 25.1 Å². The third-order valence-electron chi connectivity index (χ3n) is 4.66. The van der Waals surface area contributed by atoms with Gasteiger partial charge in [-0.3, -0.25) is 0 Å². The third-order valence-corrected chi connectivity index (χ3v) is 4.66. The van der Waals surface area contributed by atoms with E-state index < -0.39 is 12.3 Å². The number of nitrogens with zero attached hydrogens (tertiary/aromatic N) is 4. The standard InChI is InChI=1S/C19H20N6O3/c1-4-14(28-19(26)27)12-7-5-6-11(22-12)13-8-10-16-15(21-9-25(16)3)18(20-2)24-17(10)23-13/h5-9,14H,4H2,1-3H3,(H,26,27)(H2,20,23,24). The van der Waals surface area contributed by atoms with Crippen molar-refractivity contribution in [1.82, 2.24) is 24.5 Å². The first kappa shape index (κ1) is 17.8. The van der Waals surface area contributed by atoms with Crippen LogP contribution in [0.3, 0.4) is 0 Å². The highest BCUT2D eigenvalue weighted by atomic mass is 16.7. The van der Waals surface area contributed by atoms with Crippen molar-refractivity contribution in [2.75, 3.05) is 12.4 Å². The molecule has 0 aromatic carbocycles. The lowest BCUT2D eigenvalue weighted by atomic mass is 10.1. The van der Waals surface area contributed by atoms with Crippen LogP contribution < -0.4 is 5.32 Å². The molecule has 0 aliphatic rings. The van der Waals surface area contributed by atoms with Crippen LogP contribution in [0.5, 0.6) is 0 Å². The van der Waals surface area contributed by atoms with Gasteiger partial charge in [0.1, 0.15) is 17.3 Å². The molecule has 4 heterocycles. The average molecular weight is 380 g/mol. The largest absolute Gasteiger partial charge is 0.506 e. The molecule has 0 saturated carbocycles. The molecule has 0 radical (unpaired) electrons. The van der Waals surface area contributed by atoms with Gasteiger partial charge in [-0.15, -0.1) is 0 Å². The number of aromatic nitrogens is 5. The average Bonchev–Trinajstić information content (AvgIpc) is 3.29. The molecule has 0 fully saturated rings. The van der Waals surface area contributed by atoms with Crippen LogP contribution in [-0.4, -0.2) is 42.8 Å². The molecule has 0 spiro atoms. The minimum Gasteiger partial charge on any atom is -0.450 e. The predicted octanol–water partition coefficient (Wildman–Crippen LogP) is 3.70. The molecule has 1 atom stereocenters. The van der Waals surface area contributed by atoms with E-state index in [0.29, 0.717) is 23.6 Å². The van der Waals surface area contributed by atoms with E-state index in [0.717, 1.165) is 27.8 Å². The van der Waals surface area contributed by atoms with Crippen molar-refractivity contribution in [3.05, 3.63) is 36.3 Å². The summed E-state index contributed by atoms with van der Waals surface area (Å²) >= 11 is 0. The summed E-state index contributed by atoms with van der Waals surface area (Å²) in [5, 5.41) is 12.9. The molecule has 4 rings (SSSR count). The van der Waals surface area contributed by atoms with Crippen LogP contribution in [0, 0.1) is 0 Å². The van der Waals surface area contributed by atoms with Crippen molar-refractivity contribution in [1.29, 1.82) is 0 Å². The number of pyridine rings is 2. The van der Waals surface area contributed by atoms with E-state index in [1.165, 1.54) is 0 Å². The molecule has 0 bridgehead atoms. The highest BCUT2D eigenvalue weighted by Gasteiger charge is 2.18. The quantitative estimate of drug-likeness (QED) is 0.452. The molecule has 9 heteroatoms. The van der Waals surface area contributed by atoms with Crippen LogP contribution in [0.4, 0.5) is 10.6 Å². The maximum atomic E-state index is 10.9. The van der Waals surface area contributed by atoms with Gasteiger partial charge in [-0.2, -0.15) is 0 Å². The first-order valence-corrected chi connectivity index (χ1v) is 8.90. The number of aryl methyl sites for hydroxylation is 1. The number of carboxylic acid groups (broad SMARTS) is 1. The number of imidazole rings is 1. The van der Waals surface area contributed by atoms with Crippen LogP contribution in [0.2, 0.25) is 0 Å². The van der Waals surface area contributed by atoms with E-state index in [-0.39, 0.29) is 0 Å². The van der Waals surface area contributed by atoms with Crippen LogP contribution in [0.25, 0.3) is 33.5 Å². The van der Waals surface area contributed by atoms with Crippen molar-refractivity contribution >= 4 is 34.0 Å². The Balaban J connectivity index is 1.84. The number of nitrogens with one attached hydrogen (secondary N) is 2. The fourth-order valence-corrected chi connectivity index (χ4v) is 3.37. The summed E-state index contributed by atoms with van der Waals surface area (Å²) in [4.78, 5) is 27.9. The van der Waals surface area contributed by atoms with Gasteiger partial charge in [-0.05, 0) is 24.6 Å². The van der Waals surface area contributed by atoms with Crippen molar-refractivity contribution in [3.63, 3.8) is 0 Å². The van der Waals surface area contributed by atoms with Crippen molar-refractivity contribution in [2.24, 2.45) is 7.05 Å². The summed E-state index contributed by atoms with van der Waals surface area (Å²) in [7, 11) is 3.75. The number of hydrogen-bond acceptors (Lipinski definition) is 6. The fraction of sp³-hybridized carbons (Fsp3) is 0.263. The van der Waals surface area contributed by atoms with Gasteiger partial charge < -0.3 is 24.7 Å². The molecule has 0 amide bonds. The first-order valence-electron chi connectivity index (χ1n) is 8.90. The van der Waals surface area contributed by atoms with E-state index in [2.05, 4.69) is 25.3 Å². The van der Waals surface area contributed by atoms with E-state index in [1.807, 2.05) is 43.8 Å². The van der Waals surface area contributed by atoms with Crippen LogP contribution in [0.15, 0.2) is 30.6 Å². The molecule has 0 saturated heterocycles. The summed E-state index contributed by atoms with van der Waals surface area (Å²) in [6.07, 6.45) is 0.331. The Morgan fingerprint density at radius 3 is 2.93 bits per heavy atom. The van der Waals surface area contributed by atoms with Crippen LogP contribution in [-0.2, 0) is 11.8 Å². The van der Waals surface area contributed by atoms with Gasteiger partial charge in [-0.25, -0.2) is 19.7 Å². The molecule has 4 aromatic heterocycles. The Kier molecular flexibility index (Phi) is 4.34. The molecule has 0 aliphatic heterocycles. The Morgan fingerprint density at radius 2 is 2.21 bits per heavy atom. The van der Waals surface area contributed by atoms with E-state index in [9.17, 15) is 4.79 Å². The fourth-order valence-electron chi connectivity index (χ4n) is 3.37. The lowest BCUT2D eigenvalue weighted by molar-refractivity contribution is 0.0478. The van der Waals surface area contributed by atoms with Gasteiger partial charge in [-0.1, -0.05) is 13.0 Å². The summed E-state index contributed by atoms with van der Waals surface area (Å²) < 4.78 is 6.89. The number of anilines is 1. The second-order valence-corrected chi connectivity index (χ2v) is 6.44. The SMILES string of the molecule is CCC(OC(=O)O)c1cccc(-c2cc3c(nc(NC)c4ncn(C)c43)[nH]2)n1. The number of rotatable bonds is 5. The monoisotopic (exact) mass is 380 g/mol. The summed E-state index contributed by atoms with van der Waals surface area (Å²) in [5.74, 6) is 0.694. The number of carbonyl (C=O) groups is 1. The molecule has 1 unspecified atom stereocenters. The Labute approximate surface area is 160 Å². The second kappa shape index (κ2) is 6.84. The Morgan fingerprint density at radius 1 is 1.39 bits per heavy atom. The molecule has 0 aliphatic carbocycles. The minimum atomic E-state index is -1.31. The van der Waals surface area contributed by atoms with Gasteiger partial charge in [0.2, 0.25) is 0 Å². The highest BCUT2D eigenvalue weighted by molar-refractivity contribution is 6.07. The van der Waals surface area contributed by atoms with E-state index in [4.69, 9.17) is 9.84 Å². The highest BCUT2D eigenvalue weighted by Crippen LogP contribution is 2.31. The molecule has 144 valence electrons. The molecule has 3 N–H and O–H groups in total. The number of fused-ring (bicyclic) bond motifs is 3. The molecule has 4 aromatic rings. The smallest absolute Gasteiger partial charge is 0.450 e. The summed E-state index contributed by atoms with van der Waals surface area (Å²) in [6, 6.07) is 7.45. The second-order valence-electron chi connectivity index (χ2n) is 6.44. The van der Waals surface area contributed by atoms with Crippen LogP contribution >= 0.6 is 0 Å². The number of aromatic amines is 1. The lowest BCUT2D eigenvalue weighted by Gasteiger charge is -2.13. The van der Waals surface area contributed by atoms with Gasteiger partial charge in [0, 0.05) is 19.5 Å². The zero-order valence-corrected chi connectivity index (χ0v) is 15.7. The zero-order chi connectivity index (χ0) is 19.8. The van der Waals surface area contributed by atoms with Gasteiger partial charge in [0.05, 0.1) is 28.9 Å². The van der Waals surface area contributed by atoms with Crippen molar-refractivity contribution < 1.29 is 14.6 Å². The molecule has 28 heavy (non-hydrogen) atoms. The maximum absolute atomic E-state index is 10.9. The first-order chi connectivity index (χ1) is 13.5. The van der Waals surface area contributed by atoms with E-state index >= 15 is 0 Å². The van der Waals surface area contributed by atoms with Gasteiger partial charge in [0.15, 0.2) is 5.82 Å². The molecule has 9 nitrogen and oxygen atoms in total. The lowest BCUT2D eigenvalue weighted by Crippen LogP contribution is -2.10. The molecular weight excluding hydrogens is 360 g/mol. The van der Waals surface area contributed by atoms with E-state index in [1.54, 1.807) is 12.4 Å². The summed E-state index contributed by atoms with van der Waals surface area (Å²) in [5.41, 5.74) is 4.51. The third kappa shape index (κ3) is 2.90. The summed E-state index contributed by atoms with van der Waals surface area (Å²) in [6.45, 7) is 1.85. The zero-order valence-electron chi connectivity index (χ0n) is 15.7. The topological polar surface area (TPSA) is 118 Å². The van der Waals surface area contributed by atoms with Gasteiger partial charge in [0.25, 0.3) is 0 Å². The molecular formula is C19H20N6O3. The number of ether oxygens (including phenoxy) is 1. The number of hydrogen-bond donors (Lipinski definition) is 3. The van der Waals surface area contributed by atoms with Gasteiger partial charge >= 0.3 is 6.16 Å². The Hall–Kier alpha value is -3.62. The maximum Gasteiger partial charge on any atom is 0.506 e. The Bertz CT molecular complexity index is 1180. The number of H-pyrrole nitrogens is 1. The van der Waals surface area contributed by atoms with Crippen molar-refractivity contribution in [2.45, 2.75) is 19.4 Å².